The molecule has 1 N–H and O–H groups in total. The summed E-state index contributed by atoms with van der Waals surface area (Å²) >= 11 is 2.95. The van der Waals surface area contributed by atoms with Gasteiger partial charge in [0.25, 0.3) is 0 Å². The summed E-state index contributed by atoms with van der Waals surface area (Å²) in [7, 11) is 1.67. The predicted molar refractivity (Wildman–Crippen MR) is 111 cm³/mol. The minimum absolute atomic E-state index is 0.156. The highest BCUT2D eigenvalue weighted by molar-refractivity contribution is 8.01. The summed E-state index contributed by atoms with van der Waals surface area (Å²) in [6.07, 6.45) is 0. The molecule has 27 heavy (non-hydrogen) atoms. The highest BCUT2D eigenvalue weighted by atomic mass is 32.2. The molecular formula is C18H25N5O2S2. The fraction of sp³-hybridized carbons (Fsp3) is 0.500. The van der Waals surface area contributed by atoms with Gasteiger partial charge in [-0.3, -0.25) is 4.79 Å². The lowest BCUT2D eigenvalue weighted by molar-refractivity contribution is -0.128. The van der Waals surface area contributed by atoms with Crippen LogP contribution in [-0.2, 0) is 4.79 Å². The minimum Gasteiger partial charge on any atom is -0.497 e. The molecule has 3 rings (SSSR count). The fourth-order valence-electron chi connectivity index (χ4n) is 2.80. The van der Waals surface area contributed by atoms with Gasteiger partial charge in [-0.1, -0.05) is 23.1 Å². The van der Waals surface area contributed by atoms with Gasteiger partial charge in [0.05, 0.1) is 12.9 Å². The molecule has 1 aliphatic rings. The number of thioether (sulfide) groups is 1. The molecule has 0 bridgehead atoms. The number of rotatable bonds is 7. The van der Waals surface area contributed by atoms with Crippen LogP contribution in [0.5, 0.6) is 5.75 Å². The van der Waals surface area contributed by atoms with Crippen LogP contribution in [0.4, 0.5) is 10.8 Å². The molecule has 7 nitrogen and oxygen atoms in total. The molecule has 1 aliphatic heterocycles. The van der Waals surface area contributed by atoms with Crippen LogP contribution in [0, 0.1) is 0 Å². The second-order valence-electron chi connectivity index (χ2n) is 6.53. The van der Waals surface area contributed by atoms with Crippen LogP contribution in [0.1, 0.15) is 13.8 Å². The second kappa shape index (κ2) is 9.27. The van der Waals surface area contributed by atoms with E-state index in [2.05, 4.69) is 46.4 Å². The van der Waals surface area contributed by atoms with E-state index in [0.717, 1.165) is 47.1 Å². The molecule has 0 atom stereocenters. The summed E-state index contributed by atoms with van der Waals surface area (Å²) in [5.41, 5.74) is 1.16. The quantitative estimate of drug-likeness (QED) is 0.708. The van der Waals surface area contributed by atoms with Crippen LogP contribution < -0.4 is 15.0 Å². The molecule has 0 saturated carbocycles. The van der Waals surface area contributed by atoms with Crippen molar-refractivity contribution in [3.63, 3.8) is 0 Å². The maximum absolute atomic E-state index is 12.5. The van der Waals surface area contributed by atoms with Gasteiger partial charge in [0.1, 0.15) is 5.75 Å². The first-order valence-electron chi connectivity index (χ1n) is 8.95. The van der Waals surface area contributed by atoms with E-state index < -0.39 is 0 Å². The first-order valence-corrected chi connectivity index (χ1v) is 10.7. The van der Waals surface area contributed by atoms with Crippen molar-refractivity contribution >= 4 is 39.8 Å². The van der Waals surface area contributed by atoms with Crippen molar-refractivity contribution in [2.45, 2.75) is 24.2 Å². The number of carbonyl (C=O) groups excluding carboxylic acids is 1. The van der Waals surface area contributed by atoms with Gasteiger partial charge in [-0.2, -0.15) is 0 Å². The highest BCUT2D eigenvalue weighted by Crippen LogP contribution is 2.26. The normalized spacial score (nSPS) is 14.5. The molecule has 9 heteroatoms. The molecule has 1 aromatic carbocycles. The zero-order valence-electron chi connectivity index (χ0n) is 15.8. The number of methoxy groups -OCH3 is 1. The molecule has 0 unspecified atom stereocenters. The Morgan fingerprint density at radius 2 is 1.93 bits per heavy atom. The van der Waals surface area contributed by atoms with Crippen LogP contribution in [0.3, 0.4) is 0 Å². The Labute approximate surface area is 168 Å². The van der Waals surface area contributed by atoms with Gasteiger partial charge in [-0.25, -0.2) is 0 Å². The van der Waals surface area contributed by atoms with E-state index in [-0.39, 0.29) is 5.91 Å². The summed E-state index contributed by atoms with van der Waals surface area (Å²) in [5, 5.41) is 12.3. The van der Waals surface area contributed by atoms with Gasteiger partial charge in [0, 0.05) is 37.9 Å². The lowest BCUT2D eigenvalue weighted by Gasteiger charge is -2.36. The first-order chi connectivity index (χ1) is 13.0. The smallest absolute Gasteiger partial charge is 0.233 e. The lowest BCUT2D eigenvalue weighted by Crippen LogP contribution is -2.49. The molecule has 1 aromatic heterocycles. The van der Waals surface area contributed by atoms with E-state index in [0.29, 0.717) is 11.8 Å². The number of hydrogen-bond acceptors (Lipinski definition) is 8. The van der Waals surface area contributed by atoms with Gasteiger partial charge in [-0.05, 0) is 38.1 Å². The number of ether oxygens (including phenoxy) is 1. The molecule has 0 radical (unpaired) electrons. The minimum atomic E-state index is 0.156. The lowest BCUT2D eigenvalue weighted by atomic mass is 10.2. The summed E-state index contributed by atoms with van der Waals surface area (Å²) in [5.74, 6) is 1.41. The van der Waals surface area contributed by atoms with Crippen molar-refractivity contribution in [1.29, 1.82) is 0 Å². The Hall–Kier alpha value is -2.00. The molecule has 1 fully saturated rings. The van der Waals surface area contributed by atoms with Crippen LogP contribution in [0.15, 0.2) is 28.6 Å². The topological polar surface area (TPSA) is 70.6 Å². The van der Waals surface area contributed by atoms with Crippen molar-refractivity contribution < 1.29 is 9.53 Å². The van der Waals surface area contributed by atoms with E-state index in [4.69, 9.17) is 4.74 Å². The zero-order chi connectivity index (χ0) is 19.2. The van der Waals surface area contributed by atoms with Gasteiger partial charge in [0.2, 0.25) is 11.0 Å². The van der Waals surface area contributed by atoms with Crippen molar-refractivity contribution in [3.8, 4) is 5.75 Å². The number of anilines is 2. The number of nitrogens with one attached hydrogen (secondary N) is 1. The average Bonchev–Trinajstić information content (AvgIpc) is 3.13. The Kier molecular flexibility index (Phi) is 6.78. The van der Waals surface area contributed by atoms with Crippen molar-refractivity contribution in [3.05, 3.63) is 24.3 Å². The first kappa shape index (κ1) is 19.8. The van der Waals surface area contributed by atoms with Gasteiger partial charge in [0.15, 0.2) is 4.34 Å². The van der Waals surface area contributed by atoms with E-state index in [1.807, 2.05) is 17.0 Å². The molecule has 2 heterocycles. The van der Waals surface area contributed by atoms with Crippen LogP contribution >= 0.6 is 23.1 Å². The van der Waals surface area contributed by atoms with Crippen molar-refractivity contribution in [1.82, 2.24) is 15.1 Å². The molecule has 1 amide bonds. The third-order valence-corrected chi connectivity index (χ3v) is 6.18. The molecule has 2 aromatic rings. The summed E-state index contributed by atoms with van der Waals surface area (Å²) < 4.78 is 6.02. The Balaban J connectivity index is 1.44. The number of nitrogens with zero attached hydrogens (tertiary/aromatic N) is 4. The third-order valence-electron chi connectivity index (χ3n) is 4.21. The highest BCUT2D eigenvalue weighted by Gasteiger charge is 2.21. The molecule has 0 aliphatic carbocycles. The van der Waals surface area contributed by atoms with Gasteiger partial charge >= 0.3 is 0 Å². The number of hydrogen-bond donors (Lipinski definition) is 1. The standard InChI is InChI=1S/C18H25N5O2S2/c1-13(2)19-17-20-21-18(27-17)26-12-16(24)23-10-8-22(9-11-23)14-4-6-15(25-3)7-5-14/h4-7,13H,8-12H2,1-3H3,(H,19,20). The summed E-state index contributed by atoms with van der Waals surface area (Å²) in [6, 6.07) is 8.37. The Bertz CT molecular complexity index is 742. The summed E-state index contributed by atoms with van der Waals surface area (Å²) in [4.78, 5) is 16.7. The van der Waals surface area contributed by atoms with Crippen LogP contribution in [-0.4, -0.2) is 66.1 Å². The zero-order valence-corrected chi connectivity index (χ0v) is 17.5. The van der Waals surface area contributed by atoms with Crippen molar-refractivity contribution in [2.75, 3.05) is 49.3 Å². The Morgan fingerprint density at radius 3 is 2.56 bits per heavy atom. The Morgan fingerprint density at radius 1 is 1.22 bits per heavy atom. The number of aromatic nitrogens is 2. The predicted octanol–water partition coefficient (Wildman–Crippen LogP) is 2.81. The van der Waals surface area contributed by atoms with E-state index in [1.165, 1.54) is 23.1 Å². The van der Waals surface area contributed by atoms with Gasteiger partial charge in [-0.15, -0.1) is 10.2 Å². The number of benzene rings is 1. The van der Waals surface area contributed by atoms with Gasteiger partial charge < -0.3 is 19.9 Å². The monoisotopic (exact) mass is 407 g/mol. The maximum Gasteiger partial charge on any atom is 0.233 e. The fourth-order valence-corrected chi connectivity index (χ4v) is 4.60. The number of carbonyl (C=O) groups is 1. The second-order valence-corrected chi connectivity index (χ2v) is 8.73. The van der Waals surface area contributed by atoms with E-state index in [1.54, 1.807) is 7.11 Å². The molecule has 0 spiro atoms. The summed E-state index contributed by atoms with van der Waals surface area (Å²) in [6.45, 7) is 7.27. The molecule has 1 saturated heterocycles. The number of piperazine rings is 1. The maximum atomic E-state index is 12.5. The van der Waals surface area contributed by atoms with Crippen LogP contribution in [0.25, 0.3) is 0 Å². The number of amides is 1. The average molecular weight is 408 g/mol. The van der Waals surface area contributed by atoms with E-state index in [9.17, 15) is 4.79 Å². The molecule has 146 valence electrons. The largest absolute Gasteiger partial charge is 0.497 e. The third kappa shape index (κ3) is 5.49. The molecular weight excluding hydrogens is 382 g/mol. The van der Waals surface area contributed by atoms with E-state index >= 15 is 0 Å². The van der Waals surface area contributed by atoms with Crippen LogP contribution in [0.2, 0.25) is 0 Å². The van der Waals surface area contributed by atoms with Crippen molar-refractivity contribution in [2.24, 2.45) is 0 Å². The SMILES string of the molecule is COc1ccc(N2CCN(C(=O)CSc3nnc(NC(C)C)s3)CC2)cc1.